The molecule has 0 radical (unpaired) electrons. The number of aromatic amines is 1. The SMILES string of the molecule is O=C(Nc1nc2cccc(-c3ccc(OCc4ccc(-c5nn[nH]n5)nc4)cc3)n2n1)C1CC1. The summed E-state index contributed by atoms with van der Waals surface area (Å²) in [6.07, 6.45) is 3.59. The molecule has 1 aromatic carbocycles. The van der Waals surface area contributed by atoms with E-state index < -0.39 is 0 Å². The second-order valence-corrected chi connectivity index (χ2v) is 7.98. The lowest BCUT2D eigenvalue weighted by atomic mass is 10.1. The van der Waals surface area contributed by atoms with E-state index in [1.54, 1.807) is 10.7 Å². The van der Waals surface area contributed by atoms with Crippen molar-refractivity contribution in [1.82, 2.24) is 40.2 Å². The number of amides is 1. The van der Waals surface area contributed by atoms with Crippen molar-refractivity contribution in [1.29, 1.82) is 0 Å². The molecule has 1 aliphatic carbocycles. The Hall–Kier alpha value is -4.67. The van der Waals surface area contributed by atoms with Gasteiger partial charge in [-0.25, -0.2) is 4.52 Å². The predicted molar refractivity (Wildman–Crippen MR) is 122 cm³/mol. The first-order valence-electron chi connectivity index (χ1n) is 10.8. The number of ether oxygens (including phenoxy) is 1. The summed E-state index contributed by atoms with van der Waals surface area (Å²) < 4.78 is 7.64. The van der Waals surface area contributed by atoms with E-state index >= 15 is 0 Å². The number of carbonyl (C=O) groups is 1. The van der Waals surface area contributed by atoms with Gasteiger partial charge in [-0.15, -0.1) is 15.3 Å². The van der Waals surface area contributed by atoms with Gasteiger partial charge in [0.1, 0.15) is 18.1 Å². The lowest BCUT2D eigenvalue weighted by Crippen LogP contribution is -2.14. The number of H-pyrrole nitrogens is 1. The van der Waals surface area contributed by atoms with Crippen LogP contribution in [0.3, 0.4) is 0 Å². The first-order chi connectivity index (χ1) is 16.7. The fourth-order valence-corrected chi connectivity index (χ4v) is 3.54. The van der Waals surface area contributed by atoms with Crippen LogP contribution in [-0.2, 0) is 11.4 Å². The molecule has 1 amide bonds. The van der Waals surface area contributed by atoms with Gasteiger partial charge >= 0.3 is 0 Å². The van der Waals surface area contributed by atoms with Gasteiger partial charge in [0, 0.05) is 23.2 Å². The fourth-order valence-electron chi connectivity index (χ4n) is 3.54. The largest absolute Gasteiger partial charge is 0.489 e. The first-order valence-corrected chi connectivity index (χ1v) is 10.8. The van der Waals surface area contributed by atoms with Crippen LogP contribution < -0.4 is 10.1 Å². The van der Waals surface area contributed by atoms with Crippen molar-refractivity contribution in [2.45, 2.75) is 19.4 Å². The lowest BCUT2D eigenvalue weighted by molar-refractivity contribution is -0.117. The highest BCUT2D eigenvalue weighted by molar-refractivity contribution is 5.92. The van der Waals surface area contributed by atoms with E-state index in [4.69, 9.17) is 4.74 Å². The predicted octanol–water partition coefficient (Wildman–Crippen LogP) is 2.90. The zero-order valence-electron chi connectivity index (χ0n) is 17.9. The third-order valence-corrected chi connectivity index (χ3v) is 5.50. The zero-order valence-corrected chi connectivity index (χ0v) is 17.9. The number of rotatable bonds is 7. The van der Waals surface area contributed by atoms with E-state index in [-0.39, 0.29) is 11.8 Å². The monoisotopic (exact) mass is 453 g/mol. The highest BCUT2D eigenvalue weighted by atomic mass is 16.5. The van der Waals surface area contributed by atoms with Gasteiger partial charge in [-0.05, 0) is 60.5 Å². The van der Waals surface area contributed by atoms with Gasteiger partial charge in [0.15, 0.2) is 5.65 Å². The van der Waals surface area contributed by atoms with Gasteiger partial charge in [-0.3, -0.25) is 15.1 Å². The Bertz CT molecular complexity index is 1440. The van der Waals surface area contributed by atoms with E-state index in [0.717, 1.165) is 35.4 Å². The third-order valence-electron chi connectivity index (χ3n) is 5.50. The molecule has 4 aromatic heterocycles. The quantitative estimate of drug-likeness (QED) is 0.384. The van der Waals surface area contributed by atoms with Crippen molar-refractivity contribution >= 4 is 17.5 Å². The van der Waals surface area contributed by atoms with Crippen molar-refractivity contribution < 1.29 is 9.53 Å². The van der Waals surface area contributed by atoms with Crippen molar-refractivity contribution in [2.24, 2.45) is 5.92 Å². The van der Waals surface area contributed by atoms with Crippen LogP contribution in [0.1, 0.15) is 18.4 Å². The highest BCUT2D eigenvalue weighted by Crippen LogP contribution is 2.30. The van der Waals surface area contributed by atoms with E-state index in [9.17, 15) is 4.79 Å². The van der Waals surface area contributed by atoms with Crippen LogP contribution in [0.4, 0.5) is 5.95 Å². The summed E-state index contributed by atoms with van der Waals surface area (Å²) in [5.74, 6) is 1.58. The summed E-state index contributed by atoms with van der Waals surface area (Å²) in [6.45, 7) is 0.377. The van der Waals surface area contributed by atoms with Gasteiger partial charge in [0.25, 0.3) is 0 Å². The van der Waals surface area contributed by atoms with Crippen LogP contribution in [0, 0.1) is 5.92 Å². The summed E-state index contributed by atoms with van der Waals surface area (Å²) in [7, 11) is 0. The minimum atomic E-state index is -0.0152. The second kappa shape index (κ2) is 8.35. The van der Waals surface area contributed by atoms with Gasteiger partial charge in [0.05, 0.1) is 5.69 Å². The molecule has 0 unspecified atom stereocenters. The Kier molecular flexibility index (Phi) is 4.91. The number of aromatic nitrogens is 8. The Morgan fingerprint density at radius 2 is 2.00 bits per heavy atom. The highest BCUT2D eigenvalue weighted by Gasteiger charge is 2.30. The Labute approximate surface area is 193 Å². The maximum Gasteiger partial charge on any atom is 0.249 e. The lowest BCUT2D eigenvalue weighted by Gasteiger charge is -2.08. The Morgan fingerprint density at radius 3 is 2.74 bits per heavy atom. The maximum atomic E-state index is 12.1. The fraction of sp³-hybridized carbons (Fsp3) is 0.174. The molecule has 0 bridgehead atoms. The van der Waals surface area contributed by atoms with Crippen molar-refractivity contribution in [3.8, 4) is 28.5 Å². The molecule has 2 N–H and O–H groups in total. The molecule has 4 heterocycles. The minimum Gasteiger partial charge on any atom is -0.489 e. The minimum absolute atomic E-state index is 0.0152. The smallest absolute Gasteiger partial charge is 0.249 e. The van der Waals surface area contributed by atoms with E-state index in [1.807, 2.05) is 54.6 Å². The number of nitrogens with one attached hydrogen (secondary N) is 2. The molecule has 34 heavy (non-hydrogen) atoms. The number of anilines is 1. The van der Waals surface area contributed by atoms with E-state index in [2.05, 4.69) is 41.0 Å². The average Bonchev–Trinajstić information content (AvgIpc) is 3.42. The third kappa shape index (κ3) is 4.06. The van der Waals surface area contributed by atoms with Crippen LogP contribution in [0.25, 0.3) is 28.4 Å². The summed E-state index contributed by atoms with van der Waals surface area (Å²) in [4.78, 5) is 20.8. The molecule has 1 aliphatic rings. The van der Waals surface area contributed by atoms with E-state index in [0.29, 0.717) is 29.7 Å². The second-order valence-electron chi connectivity index (χ2n) is 7.98. The van der Waals surface area contributed by atoms with Gasteiger partial charge in [0.2, 0.25) is 17.7 Å². The Morgan fingerprint density at radius 1 is 1.12 bits per heavy atom. The van der Waals surface area contributed by atoms with Gasteiger partial charge in [-0.2, -0.15) is 10.2 Å². The number of nitrogens with zero attached hydrogens (tertiary/aromatic N) is 7. The van der Waals surface area contributed by atoms with Crippen LogP contribution in [0.2, 0.25) is 0 Å². The van der Waals surface area contributed by atoms with Gasteiger partial charge in [-0.1, -0.05) is 12.1 Å². The van der Waals surface area contributed by atoms with Crippen molar-refractivity contribution in [3.05, 3.63) is 66.4 Å². The number of carbonyl (C=O) groups excluding carboxylic acids is 1. The molecule has 0 atom stereocenters. The van der Waals surface area contributed by atoms with Crippen LogP contribution in [0.5, 0.6) is 5.75 Å². The standard InChI is InChI=1S/C23H19N9O2/c33-22(16-5-6-16)26-23-25-20-3-1-2-19(32(20)29-23)15-7-9-17(10-8-15)34-13-14-4-11-18(24-12-14)21-27-30-31-28-21/h1-4,7-12,16H,5-6,13H2,(H,26,29,33)(H,27,28,30,31). The molecule has 168 valence electrons. The normalized spacial score (nSPS) is 13.2. The van der Waals surface area contributed by atoms with Crippen LogP contribution >= 0.6 is 0 Å². The molecule has 0 spiro atoms. The Balaban J connectivity index is 1.15. The number of hydrogen-bond acceptors (Lipinski definition) is 8. The number of tetrazole rings is 1. The van der Waals surface area contributed by atoms with Crippen molar-refractivity contribution in [3.63, 3.8) is 0 Å². The zero-order chi connectivity index (χ0) is 22.9. The molecule has 0 aliphatic heterocycles. The molecule has 5 aromatic rings. The van der Waals surface area contributed by atoms with Crippen LogP contribution in [0.15, 0.2) is 60.8 Å². The molecule has 0 saturated heterocycles. The number of pyridine rings is 2. The number of fused-ring (bicyclic) bond motifs is 1. The number of benzene rings is 1. The molecule has 1 fully saturated rings. The topological polar surface area (TPSA) is 136 Å². The average molecular weight is 453 g/mol. The first kappa shape index (κ1) is 20.0. The van der Waals surface area contributed by atoms with Crippen LogP contribution in [-0.4, -0.2) is 46.1 Å². The van der Waals surface area contributed by atoms with Gasteiger partial charge < -0.3 is 4.74 Å². The molecular formula is C23H19N9O2. The number of hydrogen-bond donors (Lipinski definition) is 2. The summed E-state index contributed by atoms with van der Waals surface area (Å²) >= 11 is 0. The van der Waals surface area contributed by atoms with E-state index in [1.165, 1.54) is 0 Å². The summed E-state index contributed by atoms with van der Waals surface area (Å²) in [5, 5.41) is 21.1. The maximum absolute atomic E-state index is 12.1. The molecule has 6 rings (SSSR count). The molecular weight excluding hydrogens is 434 g/mol. The summed E-state index contributed by atoms with van der Waals surface area (Å²) in [6, 6.07) is 17.2. The molecule has 11 nitrogen and oxygen atoms in total. The molecule has 11 heteroatoms. The summed E-state index contributed by atoms with van der Waals surface area (Å²) in [5.41, 5.74) is 4.04. The van der Waals surface area contributed by atoms with Crippen molar-refractivity contribution in [2.75, 3.05) is 5.32 Å². The molecule has 1 saturated carbocycles.